The number of hydrogen-bond acceptors (Lipinski definition) is 3. The Kier molecular flexibility index (Phi) is 4.68. The van der Waals surface area contributed by atoms with Gasteiger partial charge in [0, 0.05) is 18.8 Å². The van der Waals surface area contributed by atoms with Crippen molar-refractivity contribution in [2.24, 2.45) is 5.73 Å². The SMILES string of the molecule is NCCc1cccc(F)c1N1CCCSCC1. The number of thioether (sulfide) groups is 1. The van der Waals surface area contributed by atoms with Gasteiger partial charge in [-0.25, -0.2) is 4.39 Å². The Balaban J connectivity index is 2.27. The van der Waals surface area contributed by atoms with Gasteiger partial charge in [-0.15, -0.1) is 0 Å². The van der Waals surface area contributed by atoms with Crippen molar-refractivity contribution in [1.29, 1.82) is 0 Å². The van der Waals surface area contributed by atoms with Crippen LogP contribution in [0.2, 0.25) is 0 Å². The summed E-state index contributed by atoms with van der Waals surface area (Å²) in [4.78, 5) is 2.18. The summed E-state index contributed by atoms with van der Waals surface area (Å²) in [6, 6.07) is 5.31. The monoisotopic (exact) mass is 254 g/mol. The molecule has 1 heterocycles. The Morgan fingerprint density at radius 2 is 2.18 bits per heavy atom. The van der Waals surface area contributed by atoms with Crippen LogP contribution >= 0.6 is 11.8 Å². The first kappa shape index (κ1) is 12.7. The summed E-state index contributed by atoms with van der Waals surface area (Å²) in [5.74, 6) is 2.15. The van der Waals surface area contributed by atoms with Gasteiger partial charge in [-0.1, -0.05) is 12.1 Å². The predicted molar refractivity (Wildman–Crippen MR) is 73.3 cm³/mol. The molecule has 1 aliphatic rings. The van der Waals surface area contributed by atoms with E-state index in [4.69, 9.17) is 5.73 Å². The predicted octanol–water partition coefficient (Wildman–Crippen LogP) is 2.27. The highest BCUT2D eigenvalue weighted by Gasteiger charge is 2.17. The number of nitrogens with zero attached hydrogens (tertiary/aromatic N) is 1. The second-order valence-electron chi connectivity index (χ2n) is 4.24. The highest BCUT2D eigenvalue weighted by atomic mass is 32.2. The lowest BCUT2D eigenvalue weighted by Crippen LogP contribution is -2.28. The molecule has 0 bridgehead atoms. The van der Waals surface area contributed by atoms with Crippen molar-refractivity contribution >= 4 is 17.4 Å². The average Bonchev–Trinajstić information content (AvgIpc) is 2.58. The summed E-state index contributed by atoms with van der Waals surface area (Å²) in [5, 5.41) is 0. The molecule has 0 atom stereocenters. The summed E-state index contributed by atoms with van der Waals surface area (Å²) in [6.07, 6.45) is 1.87. The van der Waals surface area contributed by atoms with E-state index in [2.05, 4.69) is 4.90 Å². The maximum Gasteiger partial charge on any atom is 0.146 e. The van der Waals surface area contributed by atoms with E-state index < -0.39 is 0 Å². The summed E-state index contributed by atoms with van der Waals surface area (Å²) < 4.78 is 14.0. The standard InChI is InChI=1S/C13H19FN2S/c14-12-4-1-3-11(5-6-15)13(12)16-7-2-9-17-10-8-16/h1,3-4H,2,5-10,15H2. The molecule has 1 fully saturated rings. The molecule has 0 saturated carbocycles. The van der Waals surface area contributed by atoms with Gasteiger partial charge < -0.3 is 10.6 Å². The fourth-order valence-corrected chi connectivity index (χ4v) is 3.13. The summed E-state index contributed by atoms with van der Waals surface area (Å²) in [5.41, 5.74) is 7.41. The van der Waals surface area contributed by atoms with Crippen LogP contribution in [0.3, 0.4) is 0 Å². The number of halogens is 1. The summed E-state index contributed by atoms with van der Waals surface area (Å²) in [7, 11) is 0. The smallest absolute Gasteiger partial charge is 0.146 e. The topological polar surface area (TPSA) is 29.3 Å². The van der Waals surface area contributed by atoms with Gasteiger partial charge in [-0.05, 0) is 36.8 Å². The molecule has 1 aromatic rings. The van der Waals surface area contributed by atoms with Crippen molar-refractivity contribution < 1.29 is 4.39 Å². The Labute approximate surface area is 106 Å². The number of benzene rings is 1. The van der Waals surface area contributed by atoms with Crippen molar-refractivity contribution in [3.05, 3.63) is 29.6 Å². The van der Waals surface area contributed by atoms with Gasteiger partial charge in [0.05, 0.1) is 5.69 Å². The molecule has 0 amide bonds. The zero-order valence-electron chi connectivity index (χ0n) is 9.99. The molecule has 4 heteroatoms. The lowest BCUT2D eigenvalue weighted by Gasteiger charge is -2.25. The first-order chi connectivity index (χ1) is 8.33. The van der Waals surface area contributed by atoms with Gasteiger partial charge >= 0.3 is 0 Å². The number of rotatable bonds is 3. The van der Waals surface area contributed by atoms with E-state index in [-0.39, 0.29) is 5.82 Å². The van der Waals surface area contributed by atoms with E-state index in [0.29, 0.717) is 6.54 Å². The normalized spacial score (nSPS) is 16.9. The van der Waals surface area contributed by atoms with Crippen molar-refractivity contribution in [3.8, 4) is 0 Å². The van der Waals surface area contributed by atoms with E-state index in [1.807, 2.05) is 17.8 Å². The molecular formula is C13H19FN2S. The van der Waals surface area contributed by atoms with Crippen LogP contribution in [0.4, 0.5) is 10.1 Å². The molecule has 2 nitrogen and oxygen atoms in total. The van der Waals surface area contributed by atoms with Gasteiger partial charge in [0.25, 0.3) is 0 Å². The summed E-state index contributed by atoms with van der Waals surface area (Å²) >= 11 is 1.95. The van der Waals surface area contributed by atoms with E-state index >= 15 is 0 Å². The summed E-state index contributed by atoms with van der Waals surface area (Å²) in [6.45, 7) is 2.45. The molecule has 94 valence electrons. The van der Waals surface area contributed by atoms with Crippen LogP contribution < -0.4 is 10.6 Å². The lowest BCUT2D eigenvalue weighted by molar-refractivity contribution is 0.615. The Morgan fingerprint density at radius 1 is 1.29 bits per heavy atom. The molecule has 1 aliphatic heterocycles. The fourth-order valence-electron chi connectivity index (χ4n) is 2.24. The molecule has 0 unspecified atom stereocenters. The fraction of sp³-hybridized carbons (Fsp3) is 0.538. The van der Waals surface area contributed by atoms with Gasteiger partial charge in [0.15, 0.2) is 0 Å². The van der Waals surface area contributed by atoms with Crippen LogP contribution in [0, 0.1) is 5.82 Å². The first-order valence-corrected chi connectivity index (χ1v) is 7.28. The van der Waals surface area contributed by atoms with Crippen LogP contribution in [-0.4, -0.2) is 31.1 Å². The molecule has 17 heavy (non-hydrogen) atoms. The van der Waals surface area contributed by atoms with E-state index in [0.717, 1.165) is 42.9 Å². The van der Waals surface area contributed by atoms with Gasteiger partial charge in [0.1, 0.15) is 5.82 Å². The minimum absolute atomic E-state index is 0.108. The quantitative estimate of drug-likeness (QED) is 0.897. The van der Waals surface area contributed by atoms with Crippen LogP contribution in [0.1, 0.15) is 12.0 Å². The van der Waals surface area contributed by atoms with Gasteiger partial charge in [-0.2, -0.15) is 11.8 Å². The number of para-hydroxylation sites is 1. The zero-order valence-corrected chi connectivity index (χ0v) is 10.8. The number of nitrogens with two attached hydrogens (primary N) is 1. The Hall–Kier alpha value is -0.740. The minimum atomic E-state index is -0.108. The highest BCUT2D eigenvalue weighted by Crippen LogP contribution is 2.27. The number of hydrogen-bond donors (Lipinski definition) is 1. The molecule has 0 aromatic heterocycles. The molecule has 2 N–H and O–H groups in total. The van der Waals surface area contributed by atoms with Gasteiger partial charge in [0.2, 0.25) is 0 Å². The first-order valence-electron chi connectivity index (χ1n) is 6.13. The third kappa shape index (κ3) is 3.13. The van der Waals surface area contributed by atoms with Crippen molar-refractivity contribution in [2.45, 2.75) is 12.8 Å². The average molecular weight is 254 g/mol. The van der Waals surface area contributed by atoms with Crippen LogP contribution in [-0.2, 0) is 6.42 Å². The molecule has 0 aliphatic carbocycles. The largest absolute Gasteiger partial charge is 0.368 e. The van der Waals surface area contributed by atoms with E-state index in [9.17, 15) is 4.39 Å². The lowest BCUT2D eigenvalue weighted by atomic mass is 10.1. The second-order valence-corrected chi connectivity index (χ2v) is 5.46. The highest BCUT2D eigenvalue weighted by molar-refractivity contribution is 7.99. The zero-order chi connectivity index (χ0) is 12.1. The van der Waals surface area contributed by atoms with Crippen LogP contribution in [0.5, 0.6) is 0 Å². The third-order valence-electron chi connectivity index (χ3n) is 3.02. The maximum absolute atomic E-state index is 14.0. The number of anilines is 1. The molecule has 1 saturated heterocycles. The van der Waals surface area contributed by atoms with Crippen LogP contribution in [0.25, 0.3) is 0 Å². The van der Waals surface area contributed by atoms with Crippen molar-refractivity contribution in [1.82, 2.24) is 0 Å². The molecule has 0 radical (unpaired) electrons. The Morgan fingerprint density at radius 3 is 3.00 bits per heavy atom. The van der Waals surface area contributed by atoms with E-state index in [1.165, 1.54) is 5.75 Å². The van der Waals surface area contributed by atoms with Gasteiger partial charge in [-0.3, -0.25) is 0 Å². The third-order valence-corrected chi connectivity index (χ3v) is 4.07. The van der Waals surface area contributed by atoms with E-state index in [1.54, 1.807) is 12.1 Å². The molecule has 1 aromatic carbocycles. The van der Waals surface area contributed by atoms with Crippen molar-refractivity contribution in [3.63, 3.8) is 0 Å². The Bertz CT molecular complexity index is 362. The maximum atomic E-state index is 14.0. The van der Waals surface area contributed by atoms with Crippen LogP contribution in [0.15, 0.2) is 18.2 Å². The molecular weight excluding hydrogens is 235 g/mol. The second kappa shape index (κ2) is 6.26. The molecule has 0 spiro atoms. The van der Waals surface area contributed by atoms with Crippen molar-refractivity contribution in [2.75, 3.05) is 36.0 Å². The minimum Gasteiger partial charge on any atom is -0.368 e. The molecule has 2 rings (SSSR count).